The Morgan fingerprint density at radius 3 is 2.62 bits per heavy atom. The SMILES string of the molecule is O=CCCc1cccc(C2(c3csc(-c4cc(Oc5c(F)cc6[nH]ccc6c5F)ccc4F)n3)CC(F)(F)C2)c1. The molecule has 0 saturated heterocycles. The van der Waals surface area contributed by atoms with Crippen molar-refractivity contribution in [2.75, 3.05) is 0 Å². The number of nitrogens with one attached hydrogen (secondary N) is 1. The van der Waals surface area contributed by atoms with E-state index in [0.717, 1.165) is 35.3 Å². The topological polar surface area (TPSA) is 55.0 Å². The summed E-state index contributed by atoms with van der Waals surface area (Å²) in [7, 11) is 0. The number of thiazole rings is 1. The van der Waals surface area contributed by atoms with Gasteiger partial charge in [0.2, 0.25) is 0 Å². The summed E-state index contributed by atoms with van der Waals surface area (Å²) < 4.78 is 78.5. The van der Waals surface area contributed by atoms with Crippen molar-refractivity contribution in [2.45, 2.75) is 37.0 Å². The fourth-order valence-electron chi connectivity index (χ4n) is 5.29. The molecule has 3 aromatic carbocycles. The van der Waals surface area contributed by atoms with Gasteiger partial charge in [-0.05, 0) is 41.8 Å². The second kappa shape index (κ2) is 9.85. The maximum absolute atomic E-state index is 14.9. The number of nitrogens with zero attached hydrogens (tertiary/aromatic N) is 1. The number of carbonyl (C=O) groups is 1. The largest absolute Gasteiger partial charge is 0.451 e. The summed E-state index contributed by atoms with van der Waals surface area (Å²) in [6.45, 7) is 0. The zero-order valence-corrected chi connectivity index (χ0v) is 21.6. The first-order chi connectivity index (χ1) is 19.2. The second-order valence-corrected chi connectivity index (χ2v) is 10.8. The van der Waals surface area contributed by atoms with Gasteiger partial charge < -0.3 is 14.5 Å². The Bertz CT molecular complexity index is 1740. The molecule has 0 bridgehead atoms. The van der Waals surface area contributed by atoms with Crippen LogP contribution in [0, 0.1) is 17.5 Å². The highest BCUT2D eigenvalue weighted by molar-refractivity contribution is 7.13. The average molecular weight is 569 g/mol. The van der Waals surface area contributed by atoms with Crippen LogP contribution < -0.4 is 4.74 Å². The van der Waals surface area contributed by atoms with E-state index < -0.39 is 47.4 Å². The molecule has 0 spiro atoms. The van der Waals surface area contributed by atoms with E-state index in [4.69, 9.17) is 4.74 Å². The quantitative estimate of drug-likeness (QED) is 0.151. The van der Waals surface area contributed by atoms with Gasteiger partial charge in [-0.2, -0.15) is 0 Å². The van der Waals surface area contributed by atoms with Gasteiger partial charge in [0, 0.05) is 53.3 Å². The van der Waals surface area contributed by atoms with Gasteiger partial charge >= 0.3 is 0 Å². The Hall–Kier alpha value is -4.05. The van der Waals surface area contributed by atoms with Crippen LogP contribution in [0.25, 0.3) is 21.5 Å². The number of carbonyl (C=O) groups excluding carboxylic acids is 1. The number of aldehydes is 1. The van der Waals surface area contributed by atoms with Crippen LogP contribution in [-0.4, -0.2) is 22.2 Å². The van der Waals surface area contributed by atoms with Gasteiger partial charge in [-0.15, -0.1) is 11.3 Å². The Kier molecular flexibility index (Phi) is 6.45. The maximum Gasteiger partial charge on any atom is 0.250 e. The van der Waals surface area contributed by atoms with Crippen LogP contribution in [-0.2, 0) is 16.6 Å². The number of halogens is 5. The standard InChI is InChI=1S/C30H21F5N2O2S/c31-22-7-6-19(39-27-23(32)13-24-20(26(27)33)8-9-36-24)12-21(22)28-37-25(14-40-28)29(15-30(34,35)16-29)18-5-1-3-17(11-18)4-2-10-38/h1,3,5-14,36H,2,4,15-16H2. The van der Waals surface area contributed by atoms with E-state index in [0.29, 0.717) is 24.1 Å². The van der Waals surface area contributed by atoms with Crippen molar-refractivity contribution >= 4 is 28.5 Å². The van der Waals surface area contributed by atoms with Gasteiger partial charge in [0.1, 0.15) is 22.9 Å². The van der Waals surface area contributed by atoms with Crippen LogP contribution in [0.2, 0.25) is 0 Å². The molecule has 1 N–H and O–H groups in total. The molecule has 6 rings (SSSR count). The number of aromatic nitrogens is 2. The van der Waals surface area contributed by atoms with Crippen molar-refractivity contribution in [2.24, 2.45) is 0 Å². The number of aromatic amines is 1. The van der Waals surface area contributed by atoms with E-state index in [1.54, 1.807) is 17.5 Å². The summed E-state index contributed by atoms with van der Waals surface area (Å²) in [4.78, 5) is 18.1. The summed E-state index contributed by atoms with van der Waals surface area (Å²) in [5.41, 5.74) is 1.09. The predicted octanol–water partition coefficient (Wildman–Crippen LogP) is 8.35. The van der Waals surface area contributed by atoms with Gasteiger partial charge in [-0.1, -0.05) is 24.3 Å². The van der Waals surface area contributed by atoms with Crippen LogP contribution in [0.15, 0.2) is 66.2 Å². The van der Waals surface area contributed by atoms with Crippen LogP contribution in [0.1, 0.15) is 36.1 Å². The molecule has 1 aliphatic carbocycles. The average Bonchev–Trinajstić information content (AvgIpc) is 3.60. The third kappa shape index (κ3) is 4.56. The molecular formula is C30H21F5N2O2S. The van der Waals surface area contributed by atoms with Gasteiger partial charge in [0.25, 0.3) is 5.92 Å². The van der Waals surface area contributed by atoms with E-state index in [-0.39, 0.29) is 27.2 Å². The number of ether oxygens (including phenoxy) is 1. The molecule has 1 fully saturated rings. The maximum atomic E-state index is 14.9. The first-order valence-corrected chi connectivity index (χ1v) is 13.4. The van der Waals surface area contributed by atoms with Crippen LogP contribution in [0.3, 0.4) is 0 Å². The monoisotopic (exact) mass is 568 g/mol. The van der Waals surface area contributed by atoms with Gasteiger partial charge in [0.15, 0.2) is 17.4 Å². The molecule has 0 radical (unpaired) electrons. The molecule has 2 heterocycles. The normalized spacial score (nSPS) is 15.6. The zero-order chi connectivity index (χ0) is 28.1. The minimum atomic E-state index is -2.88. The van der Waals surface area contributed by atoms with E-state index in [1.165, 1.54) is 24.4 Å². The number of hydrogen-bond acceptors (Lipinski definition) is 4. The van der Waals surface area contributed by atoms with Crippen molar-refractivity contribution in [1.82, 2.24) is 9.97 Å². The van der Waals surface area contributed by atoms with E-state index >= 15 is 0 Å². The molecule has 204 valence electrons. The highest BCUT2D eigenvalue weighted by Crippen LogP contribution is 2.57. The van der Waals surface area contributed by atoms with Crippen molar-refractivity contribution in [1.29, 1.82) is 0 Å². The molecule has 0 atom stereocenters. The summed E-state index contributed by atoms with van der Waals surface area (Å²) in [5.74, 6) is -6.02. The summed E-state index contributed by atoms with van der Waals surface area (Å²) in [6, 6.07) is 13.4. The van der Waals surface area contributed by atoms with Crippen LogP contribution >= 0.6 is 11.3 Å². The molecule has 40 heavy (non-hydrogen) atoms. The number of rotatable bonds is 8. The Balaban J connectivity index is 1.34. The molecule has 10 heteroatoms. The Labute approximate surface area is 229 Å². The van der Waals surface area contributed by atoms with Gasteiger partial charge in [-0.3, -0.25) is 0 Å². The lowest BCUT2D eigenvalue weighted by molar-refractivity contribution is -0.114. The number of alkyl halides is 2. The minimum absolute atomic E-state index is 0.0123. The molecule has 0 unspecified atom stereocenters. The lowest BCUT2D eigenvalue weighted by Gasteiger charge is -2.47. The highest BCUT2D eigenvalue weighted by atomic mass is 32.1. The highest BCUT2D eigenvalue weighted by Gasteiger charge is 2.59. The van der Waals surface area contributed by atoms with Crippen molar-refractivity contribution < 1.29 is 31.5 Å². The first kappa shape index (κ1) is 26.2. The lowest BCUT2D eigenvalue weighted by Crippen LogP contribution is -2.50. The van der Waals surface area contributed by atoms with Crippen molar-refractivity contribution in [3.8, 4) is 22.1 Å². The lowest BCUT2D eigenvalue weighted by atomic mass is 9.60. The van der Waals surface area contributed by atoms with Crippen LogP contribution in [0.5, 0.6) is 11.5 Å². The zero-order valence-electron chi connectivity index (χ0n) is 20.8. The third-order valence-electron chi connectivity index (χ3n) is 7.24. The number of fused-ring (bicyclic) bond motifs is 1. The molecule has 1 aliphatic rings. The van der Waals surface area contributed by atoms with Crippen molar-refractivity contribution in [3.05, 3.63) is 100 Å². The van der Waals surface area contributed by atoms with Crippen molar-refractivity contribution in [3.63, 3.8) is 0 Å². The molecule has 2 aromatic heterocycles. The van der Waals surface area contributed by atoms with E-state index in [2.05, 4.69) is 9.97 Å². The predicted molar refractivity (Wildman–Crippen MR) is 142 cm³/mol. The molecule has 4 nitrogen and oxygen atoms in total. The molecule has 5 aromatic rings. The number of H-pyrrole nitrogens is 1. The van der Waals surface area contributed by atoms with E-state index in [1.807, 2.05) is 12.1 Å². The summed E-state index contributed by atoms with van der Waals surface area (Å²) in [5, 5.41) is 1.99. The third-order valence-corrected chi connectivity index (χ3v) is 8.11. The van der Waals surface area contributed by atoms with Gasteiger partial charge in [-0.25, -0.2) is 26.9 Å². The Morgan fingerprint density at radius 1 is 1.02 bits per heavy atom. The fraction of sp³-hybridized carbons (Fsp3) is 0.200. The smallest absolute Gasteiger partial charge is 0.250 e. The minimum Gasteiger partial charge on any atom is -0.451 e. The fourth-order valence-corrected chi connectivity index (χ4v) is 6.22. The van der Waals surface area contributed by atoms with Crippen LogP contribution in [0.4, 0.5) is 22.0 Å². The number of benzene rings is 3. The number of hydrogen-bond donors (Lipinski definition) is 1. The first-order valence-electron chi connectivity index (χ1n) is 12.5. The molecule has 0 amide bonds. The number of aryl methyl sites for hydroxylation is 1. The second-order valence-electron chi connectivity index (χ2n) is 9.92. The Morgan fingerprint density at radius 2 is 1.85 bits per heavy atom. The van der Waals surface area contributed by atoms with E-state index in [9.17, 15) is 26.7 Å². The molecule has 1 saturated carbocycles. The summed E-state index contributed by atoms with van der Waals surface area (Å²) in [6.07, 6.45) is 2.18. The summed E-state index contributed by atoms with van der Waals surface area (Å²) >= 11 is 1.08. The molecular weight excluding hydrogens is 547 g/mol. The van der Waals surface area contributed by atoms with Gasteiger partial charge in [0.05, 0.1) is 11.2 Å². The molecule has 0 aliphatic heterocycles.